The lowest BCUT2D eigenvalue weighted by Gasteiger charge is -2.23. The molecule has 3 heteroatoms. The van der Waals surface area contributed by atoms with Gasteiger partial charge in [0.2, 0.25) is 0 Å². The van der Waals surface area contributed by atoms with E-state index in [9.17, 15) is 9.18 Å². The van der Waals surface area contributed by atoms with Gasteiger partial charge < -0.3 is 5.11 Å². The zero-order valence-electron chi connectivity index (χ0n) is 7.02. The van der Waals surface area contributed by atoms with Crippen molar-refractivity contribution >= 4 is 5.97 Å². The van der Waals surface area contributed by atoms with Crippen LogP contribution in [0, 0.1) is 5.41 Å². The smallest absolute Gasteiger partial charge is 0.333 e. The number of carboxylic acids is 1. The zero-order valence-corrected chi connectivity index (χ0v) is 7.02. The van der Waals surface area contributed by atoms with Crippen molar-refractivity contribution in [3.05, 3.63) is 12.2 Å². The highest BCUT2D eigenvalue weighted by Crippen LogP contribution is 2.27. The minimum Gasteiger partial charge on any atom is -0.478 e. The molecule has 2 nitrogen and oxygen atoms in total. The molecule has 0 saturated heterocycles. The van der Waals surface area contributed by atoms with Crippen LogP contribution in [-0.2, 0) is 4.79 Å². The van der Waals surface area contributed by atoms with E-state index < -0.39 is 17.6 Å². The third-order valence-corrected chi connectivity index (χ3v) is 1.34. The maximum absolute atomic E-state index is 13.1. The molecule has 0 radical (unpaired) electrons. The van der Waals surface area contributed by atoms with Gasteiger partial charge in [-0.25, -0.2) is 9.18 Å². The Labute approximate surface area is 65.7 Å². The molecule has 0 saturated carbocycles. The Balaban J connectivity index is 4.38. The summed E-state index contributed by atoms with van der Waals surface area (Å²) in [7, 11) is 0. The van der Waals surface area contributed by atoms with E-state index in [0.29, 0.717) is 0 Å². The standard InChI is InChI=1S/C8H13FO2/c1-5(7(10)11)6(9)8(2,3)4/h6H,1H2,2-4H3,(H,10,11). The molecule has 1 unspecified atom stereocenters. The van der Waals surface area contributed by atoms with Gasteiger partial charge in [-0.05, 0) is 5.41 Å². The number of halogens is 1. The van der Waals surface area contributed by atoms with Crippen LogP contribution in [0.3, 0.4) is 0 Å². The van der Waals surface area contributed by atoms with Crippen molar-refractivity contribution in [1.82, 2.24) is 0 Å². The second-order valence-corrected chi connectivity index (χ2v) is 3.56. The highest BCUT2D eigenvalue weighted by atomic mass is 19.1. The molecule has 1 atom stereocenters. The maximum Gasteiger partial charge on any atom is 0.333 e. The fraction of sp³-hybridized carbons (Fsp3) is 0.625. The third-order valence-electron chi connectivity index (χ3n) is 1.34. The summed E-state index contributed by atoms with van der Waals surface area (Å²) in [5.41, 5.74) is -1.06. The summed E-state index contributed by atoms with van der Waals surface area (Å²) in [6, 6.07) is 0. The average molecular weight is 160 g/mol. The van der Waals surface area contributed by atoms with Gasteiger partial charge in [-0.2, -0.15) is 0 Å². The van der Waals surface area contributed by atoms with Crippen LogP contribution in [0.5, 0.6) is 0 Å². The largest absolute Gasteiger partial charge is 0.478 e. The molecule has 0 spiro atoms. The van der Waals surface area contributed by atoms with Crippen molar-refractivity contribution in [3.63, 3.8) is 0 Å². The molecule has 0 aliphatic rings. The van der Waals surface area contributed by atoms with Crippen LogP contribution in [0.2, 0.25) is 0 Å². The Hall–Kier alpha value is -0.860. The molecule has 64 valence electrons. The number of hydrogen-bond donors (Lipinski definition) is 1. The summed E-state index contributed by atoms with van der Waals surface area (Å²) in [5.74, 6) is -1.27. The van der Waals surface area contributed by atoms with Crippen LogP contribution in [0.15, 0.2) is 12.2 Å². The van der Waals surface area contributed by atoms with Gasteiger partial charge >= 0.3 is 5.97 Å². The quantitative estimate of drug-likeness (QED) is 0.627. The second-order valence-electron chi connectivity index (χ2n) is 3.56. The maximum atomic E-state index is 13.1. The fourth-order valence-corrected chi connectivity index (χ4v) is 0.631. The van der Waals surface area contributed by atoms with Crippen molar-refractivity contribution in [2.45, 2.75) is 26.9 Å². The lowest BCUT2D eigenvalue weighted by molar-refractivity contribution is -0.133. The predicted molar refractivity (Wildman–Crippen MR) is 41.1 cm³/mol. The Morgan fingerprint density at radius 1 is 1.55 bits per heavy atom. The number of carbonyl (C=O) groups is 1. The van der Waals surface area contributed by atoms with Gasteiger partial charge in [-0.15, -0.1) is 0 Å². The molecule has 0 aromatic heterocycles. The lowest BCUT2D eigenvalue weighted by Crippen LogP contribution is -2.26. The summed E-state index contributed by atoms with van der Waals surface area (Å²) in [4.78, 5) is 10.2. The Bertz CT molecular complexity index is 179. The highest BCUT2D eigenvalue weighted by Gasteiger charge is 2.29. The number of carboxylic acid groups (broad SMARTS) is 1. The molecule has 11 heavy (non-hydrogen) atoms. The molecule has 0 aromatic carbocycles. The molecule has 0 aliphatic carbocycles. The highest BCUT2D eigenvalue weighted by molar-refractivity contribution is 5.87. The second kappa shape index (κ2) is 3.03. The molecular weight excluding hydrogens is 147 g/mol. The molecule has 0 aromatic rings. The van der Waals surface area contributed by atoms with E-state index in [1.807, 2.05) is 0 Å². The van der Waals surface area contributed by atoms with Gasteiger partial charge in [-0.1, -0.05) is 27.4 Å². The van der Waals surface area contributed by atoms with Crippen molar-refractivity contribution < 1.29 is 14.3 Å². The molecule has 1 N–H and O–H groups in total. The summed E-state index contributed by atoms with van der Waals surface area (Å²) in [6.45, 7) is 8.04. The van der Waals surface area contributed by atoms with E-state index in [0.717, 1.165) is 0 Å². The predicted octanol–water partition coefficient (Wildman–Crippen LogP) is 2.01. The summed E-state index contributed by atoms with van der Waals surface area (Å²) in [6.07, 6.45) is -1.49. The molecule has 0 fully saturated rings. The molecule has 0 heterocycles. The number of hydrogen-bond acceptors (Lipinski definition) is 1. The first-order valence-electron chi connectivity index (χ1n) is 3.33. The van der Waals surface area contributed by atoms with Crippen LogP contribution in [0.25, 0.3) is 0 Å². The van der Waals surface area contributed by atoms with E-state index >= 15 is 0 Å². The molecule has 0 amide bonds. The van der Waals surface area contributed by atoms with Crippen LogP contribution in [0.1, 0.15) is 20.8 Å². The van der Waals surface area contributed by atoms with Crippen molar-refractivity contribution in [1.29, 1.82) is 0 Å². The first kappa shape index (κ1) is 10.1. The van der Waals surface area contributed by atoms with Gasteiger partial charge in [0.15, 0.2) is 0 Å². The van der Waals surface area contributed by atoms with E-state index in [4.69, 9.17) is 5.11 Å². The van der Waals surface area contributed by atoms with Crippen LogP contribution in [0.4, 0.5) is 4.39 Å². The van der Waals surface area contributed by atoms with E-state index in [-0.39, 0.29) is 5.57 Å². The lowest BCUT2D eigenvalue weighted by atomic mass is 9.86. The van der Waals surface area contributed by atoms with Crippen LogP contribution < -0.4 is 0 Å². The average Bonchev–Trinajstić information content (AvgIpc) is 1.82. The number of rotatable bonds is 2. The van der Waals surface area contributed by atoms with Crippen LogP contribution in [-0.4, -0.2) is 17.2 Å². The molecular formula is C8H13FO2. The zero-order chi connectivity index (χ0) is 9.23. The first-order valence-corrected chi connectivity index (χ1v) is 3.33. The van der Waals surface area contributed by atoms with Crippen LogP contribution >= 0.6 is 0 Å². The van der Waals surface area contributed by atoms with Gasteiger partial charge in [0, 0.05) is 0 Å². The minimum atomic E-state index is -1.49. The van der Waals surface area contributed by atoms with E-state index in [1.54, 1.807) is 20.8 Å². The Morgan fingerprint density at radius 2 is 1.91 bits per heavy atom. The van der Waals surface area contributed by atoms with Gasteiger partial charge in [0.25, 0.3) is 0 Å². The van der Waals surface area contributed by atoms with Gasteiger partial charge in [0.1, 0.15) is 6.17 Å². The normalized spacial score (nSPS) is 14.2. The van der Waals surface area contributed by atoms with Gasteiger partial charge in [0.05, 0.1) is 5.57 Å². The van der Waals surface area contributed by atoms with Crippen molar-refractivity contribution in [2.75, 3.05) is 0 Å². The molecule has 0 bridgehead atoms. The monoisotopic (exact) mass is 160 g/mol. The summed E-state index contributed by atoms with van der Waals surface area (Å²) < 4.78 is 13.1. The number of aliphatic carboxylic acids is 1. The van der Waals surface area contributed by atoms with E-state index in [2.05, 4.69) is 6.58 Å². The Morgan fingerprint density at radius 3 is 2.00 bits per heavy atom. The molecule has 0 rings (SSSR count). The topological polar surface area (TPSA) is 37.3 Å². The van der Waals surface area contributed by atoms with Crippen molar-refractivity contribution in [3.8, 4) is 0 Å². The third kappa shape index (κ3) is 2.70. The Kier molecular flexibility index (Phi) is 2.79. The number of alkyl halides is 1. The summed E-state index contributed by atoms with van der Waals surface area (Å²) >= 11 is 0. The fourth-order valence-electron chi connectivity index (χ4n) is 0.631. The molecule has 0 aliphatic heterocycles. The minimum absolute atomic E-state index is 0.377. The van der Waals surface area contributed by atoms with E-state index in [1.165, 1.54) is 0 Å². The summed E-state index contributed by atoms with van der Waals surface area (Å²) in [5, 5.41) is 8.38. The first-order chi connectivity index (χ1) is 4.76. The van der Waals surface area contributed by atoms with Crippen molar-refractivity contribution in [2.24, 2.45) is 5.41 Å². The SMILES string of the molecule is C=C(C(=O)O)C(F)C(C)(C)C. The van der Waals surface area contributed by atoms with Gasteiger partial charge in [-0.3, -0.25) is 0 Å².